The van der Waals surface area contributed by atoms with E-state index in [4.69, 9.17) is 0 Å². The molecular weight excluding hydrogens is 288 g/mol. The summed E-state index contributed by atoms with van der Waals surface area (Å²) in [6, 6.07) is 20.7. The molecule has 0 bridgehead atoms. The molecule has 0 aliphatic carbocycles. The summed E-state index contributed by atoms with van der Waals surface area (Å²) >= 11 is 0. The van der Waals surface area contributed by atoms with E-state index in [0.29, 0.717) is 5.56 Å². The molecule has 2 N–H and O–H groups in total. The molecule has 3 rings (SSSR count). The highest BCUT2D eigenvalue weighted by Gasteiger charge is 2.04. The Morgan fingerprint density at radius 1 is 1.00 bits per heavy atom. The number of fused-ring (bicyclic) bond motifs is 1. The first-order chi connectivity index (χ1) is 11.2. The average Bonchev–Trinajstić information content (AvgIpc) is 2.58. The molecule has 0 spiro atoms. The molecule has 0 heterocycles. The average molecular weight is 304 g/mol. The third-order valence-corrected chi connectivity index (χ3v) is 3.53. The summed E-state index contributed by atoms with van der Waals surface area (Å²) in [7, 11) is 0. The van der Waals surface area contributed by atoms with Gasteiger partial charge in [0.25, 0.3) is 0 Å². The number of hydrazone groups is 1. The van der Waals surface area contributed by atoms with Gasteiger partial charge in [-0.3, -0.25) is 4.79 Å². The van der Waals surface area contributed by atoms with Crippen LogP contribution in [0.25, 0.3) is 10.8 Å². The van der Waals surface area contributed by atoms with E-state index >= 15 is 0 Å². The lowest BCUT2D eigenvalue weighted by molar-refractivity contribution is -0.120. The van der Waals surface area contributed by atoms with Crippen LogP contribution < -0.4 is 5.43 Å². The van der Waals surface area contributed by atoms with Crippen molar-refractivity contribution in [3.8, 4) is 5.75 Å². The highest BCUT2D eigenvalue weighted by Crippen LogP contribution is 2.27. The van der Waals surface area contributed by atoms with Crippen molar-refractivity contribution in [1.82, 2.24) is 5.43 Å². The molecule has 3 aromatic carbocycles. The quantitative estimate of drug-likeness (QED) is 0.574. The first kappa shape index (κ1) is 14.8. The largest absolute Gasteiger partial charge is 0.507 e. The second-order valence-electron chi connectivity index (χ2n) is 5.18. The predicted molar refractivity (Wildman–Crippen MR) is 91.5 cm³/mol. The number of carbonyl (C=O) groups is 1. The van der Waals surface area contributed by atoms with Crippen LogP contribution >= 0.6 is 0 Å². The maximum Gasteiger partial charge on any atom is 0.244 e. The number of rotatable bonds is 4. The van der Waals surface area contributed by atoms with Crippen molar-refractivity contribution in [2.24, 2.45) is 5.10 Å². The van der Waals surface area contributed by atoms with Crippen LogP contribution in [0.3, 0.4) is 0 Å². The molecule has 1 amide bonds. The number of hydrogen-bond donors (Lipinski definition) is 2. The third-order valence-electron chi connectivity index (χ3n) is 3.53. The summed E-state index contributed by atoms with van der Waals surface area (Å²) in [6.45, 7) is 0. The van der Waals surface area contributed by atoms with Crippen LogP contribution in [0.4, 0.5) is 0 Å². The summed E-state index contributed by atoms with van der Waals surface area (Å²) in [5.74, 6) is -0.0445. The zero-order chi connectivity index (χ0) is 16.1. The normalized spacial score (nSPS) is 11.0. The fraction of sp³-hybridized carbons (Fsp3) is 0.0526. The van der Waals surface area contributed by atoms with Gasteiger partial charge in [0.15, 0.2) is 0 Å². The Bertz CT molecular complexity index is 858. The Morgan fingerprint density at radius 3 is 2.57 bits per heavy atom. The van der Waals surface area contributed by atoms with E-state index in [2.05, 4.69) is 10.5 Å². The van der Waals surface area contributed by atoms with Crippen LogP contribution in [-0.4, -0.2) is 17.2 Å². The Morgan fingerprint density at radius 2 is 1.74 bits per heavy atom. The fourth-order valence-corrected chi connectivity index (χ4v) is 2.37. The van der Waals surface area contributed by atoms with Crippen LogP contribution in [0.5, 0.6) is 5.75 Å². The van der Waals surface area contributed by atoms with Gasteiger partial charge in [-0.25, -0.2) is 5.43 Å². The highest BCUT2D eigenvalue weighted by molar-refractivity contribution is 5.97. The maximum absolute atomic E-state index is 11.8. The van der Waals surface area contributed by atoms with Crippen LogP contribution in [0, 0.1) is 0 Å². The van der Waals surface area contributed by atoms with Gasteiger partial charge in [-0.05, 0) is 17.0 Å². The number of benzene rings is 3. The van der Waals surface area contributed by atoms with Gasteiger partial charge < -0.3 is 5.11 Å². The molecule has 114 valence electrons. The fourth-order valence-electron chi connectivity index (χ4n) is 2.37. The minimum Gasteiger partial charge on any atom is -0.507 e. The molecule has 0 radical (unpaired) electrons. The standard InChI is InChI=1S/C19H16N2O2/c22-18(12-14-6-2-1-3-7-14)21-20-13-16-11-10-15-8-4-5-9-17(15)19(16)23/h1-11,13,23H,12H2,(H,21,22)/b20-13+. The summed E-state index contributed by atoms with van der Waals surface area (Å²) in [5, 5.41) is 15.9. The Hall–Kier alpha value is -3.14. The van der Waals surface area contributed by atoms with Gasteiger partial charge >= 0.3 is 0 Å². The highest BCUT2D eigenvalue weighted by atomic mass is 16.3. The number of phenols is 1. The lowest BCUT2D eigenvalue weighted by Crippen LogP contribution is -2.19. The topological polar surface area (TPSA) is 61.7 Å². The van der Waals surface area contributed by atoms with Gasteiger partial charge in [-0.1, -0.05) is 60.7 Å². The lowest BCUT2D eigenvalue weighted by atomic mass is 10.1. The molecule has 0 aliphatic heterocycles. The first-order valence-electron chi connectivity index (χ1n) is 7.30. The van der Waals surface area contributed by atoms with Crippen molar-refractivity contribution >= 4 is 22.9 Å². The number of nitrogens with one attached hydrogen (secondary N) is 1. The Kier molecular flexibility index (Phi) is 4.34. The number of phenolic OH excluding ortho intramolecular Hbond substituents is 1. The van der Waals surface area contributed by atoms with Gasteiger partial charge in [0.05, 0.1) is 12.6 Å². The molecule has 0 saturated heterocycles. The number of amides is 1. The van der Waals surface area contributed by atoms with Gasteiger partial charge in [0.2, 0.25) is 5.91 Å². The molecule has 0 saturated carbocycles. The summed E-state index contributed by atoms with van der Waals surface area (Å²) in [4.78, 5) is 11.8. The van der Waals surface area contributed by atoms with E-state index in [0.717, 1.165) is 16.3 Å². The maximum atomic E-state index is 11.8. The summed E-state index contributed by atoms with van der Waals surface area (Å²) in [5.41, 5.74) is 3.96. The summed E-state index contributed by atoms with van der Waals surface area (Å²) < 4.78 is 0. The van der Waals surface area contributed by atoms with E-state index in [-0.39, 0.29) is 18.1 Å². The number of carbonyl (C=O) groups excluding carboxylic acids is 1. The van der Waals surface area contributed by atoms with Crippen molar-refractivity contribution < 1.29 is 9.90 Å². The molecule has 0 fully saturated rings. The second kappa shape index (κ2) is 6.75. The van der Waals surface area contributed by atoms with Gasteiger partial charge in [-0.2, -0.15) is 5.10 Å². The number of aromatic hydroxyl groups is 1. The third kappa shape index (κ3) is 3.55. The molecule has 3 aromatic rings. The Labute approximate surface area is 134 Å². The zero-order valence-corrected chi connectivity index (χ0v) is 12.4. The molecule has 4 heteroatoms. The molecule has 0 aliphatic rings. The van der Waals surface area contributed by atoms with Gasteiger partial charge in [-0.15, -0.1) is 0 Å². The molecule has 0 aromatic heterocycles. The first-order valence-corrected chi connectivity index (χ1v) is 7.30. The van der Waals surface area contributed by atoms with Gasteiger partial charge in [0, 0.05) is 10.9 Å². The minimum absolute atomic E-state index is 0.157. The molecule has 23 heavy (non-hydrogen) atoms. The van der Waals surface area contributed by atoms with Crippen LogP contribution in [-0.2, 0) is 11.2 Å². The smallest absolute Gasteiger partial charge is 0.244 e. The molecule has 0 unspecified atom stereocenters. The van der Waals surface area contributed by atoms with Crippen LogP contribution in [0.15, 0.2) is 71.8 Å². The van der Waals surface area contributed by atoms with Crippen molar-refractivity contribution in [3.63, 3.8) is 0 Å². The van der Waals surface area contributed by atoms with E-state index in [9.17, 15) is 9.90 Å². The van der Waals surface area contributed by atoms with E-state index in [1.807, 2.05) is 60.7 Å². The monoisotopic (exact) mass is 304 g/mol. The van der Waals surface area contributed by atoms with E-state index in [1.165, 1.54) is 6.21 Å². The molecule has 4 nitrogen and oxygen atoms in total. The van der Waals surface area contributed by atoms with E-state index in [1.54, 1.807) is 6.07 Å². The zero-order valence-electron chi connectivity index (χ0n) is 12.4. The second-order valence-corrected chi connectivity index (χ2v) is 5.18. The Balaban J connectivity index is 1.68. The number of hydrogen-bond acceptors (Lipinski definition) is 3. The molecule has 0 atom stereocenters. The van der Waals surface area contributed by atoms with Crippen LogP contribution in [0.1, 0.15) is 11.1 Å². The van der Waals surface area contributed by atoms with Crippen molar-refractivity contribution in [1.29, 1.82) is 0 Å². The SMILES string of the molecule is O=C(Cc1ccccc1)N/N=C/c1ccc2ccccc2c1O. The predicted octanol–water partition coefficient (Wildman–Crippen LogP) is 3.24. The molecular formula is C19H16N2O2. The van der Waals surface area contributed by atoms with Crippen LogP contribution in [0.2, 0.25) is 0 Å². The van der Waals surface area contributed by atoms with Crippen molar-refractivity contribution in [3.05, 3.63) is 77.9 Å². The van der Waals surface area contributed by atoms with E-state index < -0.39 is 0 Å². The van der Waals surface area contributed by atoms with Crippen molar-refractivity contribution in [2.45, 2.75) is 6.42 Å². The van der Waals surface area contributed by atoms with Gasteiger partial charge in [0.1, 0.15) is 5.75 Å². The summed E-state index contributed by atoms with van der Waals surface area (Å²) in [6.07, 6.45) is 1.71. The lowest BCUT2D eigenvalue weighted by Gasteiger charge is -2.04. The van der Waals surface area contributed by atoms with Crippen molar-refractivity contribution in [2.75, 3.05) is 0 Å². The minimum atomic E-state index is -0.201. The number of nitrogens with zero attached hydrogens (tertiary/aromatic N) is 1.